The number of carbonyl (C=O) groups is 2. The summed E-state index contributed by atoms with van der Waals surface area (Å²) in [6, 6.07) is 5.17. The molecule has 0 fully saturated rings. The van der Waals surface area contributed by atoms with Gasteiger partial charge in [-0.15, -0.1) is 0 Å². The van der Waals surface area contributed by atoms with Crippen LogP contribution in [0.5, 0.6) is 0 Å². The summed E-state index contributed by atoms with van der Waals surface area (Å²) in [6.07, 6.45) is 1.19. The van der Waals surface area contributed by atoms with Crippen molar-refractivity contribution in [1.82, 2.24) is 0 Å². The number of hydrogen-bond donors (Lipinski definition) is 1. The Hall–Kier alpha value is -1.97. The topological polar surface area (TPSA) is 66.7 Å². The van der Waals surface area contributed by atoms with Crippen LogP contribution in [-0.2, 0) is 4.79 Å². The molecule has 2 rings (SSSR count). The number of nitrogens with zero attached hydrogens (tertiary/aromatic N) is 1. The summed E-state index contributed by atoms with van der Waals surface area (Å²) in [6.45, 7) is 1.84. The number of carboxylic acids is 1. The summed E-state index contributed by atoms with van der Waals surface area (Å²) in [5.41, 5.74) is 1.85. The minimum absolute atomic E-state index is 0.392. The highest BCUT2D eigenvalue weighted by atomic mass is 16.4. The number of fused-ring (bicyclic) bond motifs is 1. The number of carbonyl (C=O) groups excluding carboxylic acids is 1. The third-order valence-corrected chi connectivity index (χ3v) is 2.40. The number of carboxylic acid groups (broad SMARTS) is 1. The number of aliphatic carboxylic acids is 1. The molecule has 15 heavy (non-hydrogen) atoms. The number of hydrogen-bond acceptors (Lipinski definition) is 3. The van der Waals surface area contributed by atoms with Crippen molar-refractivity contribution in [3.05, 3.63) is 29.3 Å². The second-order valence-electron chi connectivity index (χ2n) is 3.43. The summed E-state index contributed by atoms with van der Waals surface area (Å²) >= 11 is 0. The maximum Gasteiger partial charge on any atom is 0.319 e. The Kier molecular flexibility index (Phi) is 2.11. The largest absolute Gasteiger partial charge is 0.480 e. The summed E-state index contributed by atoms with van der Waals surface area (Å²) < 4.78 is 0. The lowest BCUT2D eigenvalue weighted by Gasteiger charge is -2.15. The molecule has 0 aliphatic carbocycles. The van der Waals surface area contributed by atoms with E-state index in [9.17, 15) is 9.59 Å². The van der Waals surface area contributed by atoms with Crippen LogP contribution in [-0.4, -0.2) is 23.1 Å². The van der Waals surface area contributed by atoms with Gasteiger partial charge in [-0.05, 0) is 18.6 Å². The van der Waals surface area contributed by atoms with Crippen molar-refractivity contribution >= 4 is 23.7 Å². The Morgan fingerprint density at radius 3 is 2.87 bits per heavy atom. The molecule has 0 saturated carbocycles. The summed E-state index contributed by atoms with van der Waals surface area (Å²) in [7, 11) is 0. The summed E-state index contributed by atoms with van der Waals surface area (Å²) in [5, 5.41) is 8.79. The van der Waals surface area contributed by atoms with Gasteiger partial charge in [0.25, 0.3) is 0 Å². The van der Waals surface area contributed by atoms with Crippen molar-refractivity contribution in [1.29, 1.82) is 0 Å². The lowest BCUT2D eigenvalue weighted by atomic mass is 9.93. The number of rotatable bonds is 1. The van der Waals surface area contributed by atoms with Gasteiger partial charge in [-0.1, -0.05) is 12.1 Å². The molecular formula is C11H9NO3. The highest BCUT2D eigenvalue weighted by Gasteiger charge is 2.30. The fraction of sp³-hybridized carbons (Fsp3) is 0.182. The van der Waals surface area contributed by atoms with E-state index in [1.165, 1.54) is 6.21 Å². The maximum atomic E-state index is 11.7. The van der Waals surface area contributed by atoms with Gasteiger partial charge in [-0.25, -0.2) is 0 Å². The van der Waals surface area contributed by atoms with Gasteiger partial charge in [0.1, 0.15) is 0 Å². The molecule has 1 aliphatic heterocycles. The summed E-state index contributed by atoms with van der Waals surface area (Å²) in [4.78, 5) is 26.5. The second-order valence-corrected chi connectivity index (χ2v) is 3.43. The van der Waals surface area contributed by atoms with E-state index in [1.54, 1.807) is 12.1 Å². The third kappa shape index (κ3) is 1.44. The van der Waals surface area contributed by atoms with Gasteiger partial charge in [0, 0.05) is 11.8 Å². The van der Waals surface area contributed by atoms with E-state index in [2.05, 4.69) is 4.99 Å². The zero-order valence-electron chi connectivity index (χ0n) is 8.10. The van der Waals surface area contributed by atoms with Crippen molar-refractivity contribution in [2.24, 2.45) is 10.9 Å². The van der Waals surface area contributed by atoms with E-state index in [-0.39, 0.29) is 0 Å². The smallest absolute Gasteiger partial charge is 0.319 e. The predicted molar refractivity (Wildman–Crippen MR) is 54.8 cm³/mol. The molecule has 0 radical (unpaired) electrons. The quantitative estimate of drug-likeness (QED) is 0.705. The molecule has 0 spiro atoms. The van der Waals surface area contributed by atoms with Gasteiger partial charge >= 0.3 is 5.97 Å². The van der Waals surface area contributed by atoms with E-state index >= 15 is 0 Å². The molecule has 0 bridgehead atoms. The minimum Gasteiger partial charge on any atom is -0.480 e. The van der Waals surface area contributed by atoms with Crippen LogP contribution in [0.25, 0.3) is 0 Å². The first kappa shape index (κ1) is 9.58. The van der Waals surface area contributed by atoms with E-state index in [1.807, 2.05) is 13.0 Å². The van der Waals surface area contributed by atoms with E-state index < -0.39 is 17.7 Å². The first-order valence-corrected chi connectivity index (χ1v) is 4.52. The van der Waals surface area contributed by atoms with Gasteiger partial charge in [-0.3, -0.25) is 14.6 Å². The van der Waals surface area contributed by atoms with Crippen molar-refractivity contribution in [2.75, 3.05) is 0 Å². The number of ketones is 1. The third-order valence-electron chi connectivity index (χ3n) is 2.40. The zero-order valence-corrected chi connectivity index (χ0v) is 8.10. The highest BCUT2D eigenvalue weighted by Crippen LogP contribution is 2.29. The van der Waals surface area contributed by atoms with Gasteiger partial charge < -0.3 is 5.11 Å². The monoisotopic (exact) mass is 203 g/mol. The lowest BCUT2D eigenvalue weighted by molar-refractivity contribution is -0.137. The number of Topliss-reactive ketones (excluding diaryl/α,β-unsaturated/α-hetero) is 1. The molecular weight excluding hydrogens is 194 g/mol. The molecule has 0 aromatic heterocycles. The number of aliphatic imine (C=N–C) groups is 1. The Morgan fingerprint density at radius 1 is 1.47 bits per heavy atom. The highest BCUT2D eigenvalue weighted by molar-refractivity contribution is 6.22. The Morgan fingerprint density at radius 2 is 2.20 bits per heavy atom. The number of aryl methyl sites for hydroxylation is 1. The summed E-state index contributed by atoms with van der Waals surface area (Å²) in [5.74, 6) is -2.69. The molecule has 4 nitrogen and oxygen atoms in total. The molecule has 76 valence electrons. The molecule has 1 N–H and O–H groups in total. The van der Waals surface area contributed by atoms with E-state index in [0.717, 1.165) is 5.56 Å². The Labute approximate surface area is 86.3 Å². The molecule has 1 aromatic carbocycles. The van der Waals surface area contributed by atoms with Crippen LogP contribution in [0.4, 0.5) is 5.69 Å². The van der Waals surface area contributed by atoms with Crippen LogP contribution in [0.3, 0.4) is 0 Å². The fourth-order valence-corrected chi connectivity index (χ4v) is 1.59. The van der Waals surface area contributed by atoms with Gasteiger partial charge in [0.15, 0.2) is 11.7 Å². The number of para-hydroxylation sites is 1. The van der Waals surface area contributed by atoms with Crippen molar-refractivity contribution < 1.29 is 14.7 Å². The predicted octanol–water partition coefficient (Wildman–Crippen LogP) is 1.59. The van der Waals surface area contributed by atoms with Gasteiger partial charge in [0.05, 0.1) is 5.69 Å². The Bertz CT molecular complexity index is 477. The molecule has 4 heteroatoms. The van der Waals surface area contributed by atoms with Crippen molar-refractivity contribution in [2.45, 2.75) is 6.92 Å². The average Bonchev–Trinajstić information content (AvgIpc) is 2.19. The lowest BCUT2D eigenvalue weighted by Crippen LogP contribution is -2.27. The molecule has 0 amide bonds. The van der Waals surface area contributed by atoms with Crippen molar-refractivity contribution in [3.8, 4) is 0 Å². The fourth-order valence-electron chi connectivity index (χ4n) is 1.59. The SMILES string of the molecule is Cc1cccc2c1N=CC(C(=O)O)C2=O. The maximum absolute atomic E-state index is 11.7. The van der Waals surface area contributed by atoms with Crippen LogP contribution < -0.4 is 0 Å². The van der Waals surface area contributed by atoms with E-state index in [0.29, 0.717) is 11.3 Å². The first-order chi connectivity index (χ1) is 7.11. The van der Waals surface area contributed by atoms with Crippen LogP contribution in [0.2, 0.25) is 0 Å². The standard InChI is InChI=1S/C11H9NO3/c1-6-3-2-4-7-9(6)12-5-8(10(7)13)11(14)15/h2-5,8H,1H3,(H,14,15). The Balaban J connectivity index is 2.56. The molecule has 1 atom stereocenters. The number of benzene rings is 1. The normalized spacial score (nSPS) is 18.7. The molecule has 1 aliphatic rings. The molecule has 1 aromatic rings. The van der Waals surface area contributed by atoms with Gasteiger partial charge in [0.2, 0.25) is 0 Å². The second kappa shape index (κ2) is 3.31. The first-order valence-electron chi connectivity index (χ1n) is 4.52. The van der Waals surface area contributed by atoms with Crippen LogP contribution in [0.1, 0.15) is 15.9 Å². The average molecular weight is 203 g/mol. The van der Waals surface area contributed by atoms with Crippen LogP contribution in [0, 0.1) is 12.8 Å². The zero-order chi connectivity index (χ0) is 11.0. The minimum atomic E-state index is -1.16. The van der Waals surface area contributed by atoms with E-state index in [4.69, 9.17) is 5.11 Å². The van der Waals surface area contributed by atoms with Crippen molar-refractivity contribution in [3.63, 3.8) is 0 Å². The van der Waals surface area contributed by atoms with Crippen LogP contribution in [0.15, 0.2) is 23.2 Å². The van der Waals surface area contributed by atoms with Crippen LogP contribution >= 0.6 is 0 Å². The molecule has 0 saturated heterocycles. The molecule has 1 unspecified atom stereocenters. The van der Waals surface area contributed by atoms with Gasteiger partial charge in [-0.2, -0.15) is 0 Å². The molecule has 1 heterocycles.